The van der Waals surface area contributed by atoms with Gasteiger partial charge in [0.1, 0.15) is 5.82 Å². The van der Waals surface area contributed by atoms with Gasteiger partial charge in [-0.2, -0.15) is 0 Å². The maximum atomic E-state index is 13.1. The first-order chi connectivity index (χ1) is 11.2. The highest BCUT2D eigenvalue weighted by molar-refractivity contribution is 7.89. The Kier molecular flexibility index (Phi) is 5.33. The van der Waals surface area contributed by atoms with Crippen molar-refractivity contribution in [2.24, 2.45) is 0 Å². The fourth-order valence-corrected chi connectivity index (χ4v) is 3.72. The van der Waals surface area contributed by atoms with Crippen LogP contribution in [0.15, 0.2) is 47.4 Å². The number of amides is 1. The number of rotatable bonds is 5. The van der Waals surface area contributed by atoms with Gasteiger partial charge in [0.05, 0.1) is 4.90 Å². The summed E-state index contributed by atoms with van der Waals surface area (Å²) >= 11 is 0. The Morgan fingerprint density at radius 2 is 1.79 bits per heavy atom. The number of hydrogen-bond acceptors (Lipinski definition) is 4. The van der Waals surface area contributed by atoms with Gasteiger partial charge < -0.3 is 0 Å². The highest BCUT2D eigenvalue weighted by atomic mass is 32.2. The van der Waals surface area contributed by atoms with Crippen molar-refractivity contribution < 1.29 is 22.8 Å². The van der Waals surface area contributed by atoms with Crippen molar-refractivity contribution in [1.29, 1.82) is 0 Å². The van der Waals surface area contributed by atoms with Crippen molar-refractivity contribution in [1.82, 2.24) is 10.2 Å². The Labute approximate surface area is 139 Å². The minimum Gasteiger partial charge on any atom is -0.288 e. The van der Waals surface area contributed by atoms with Crippen molar-refractivity contribution in [3.8, 4) is 0 Å². The first kappa shape index (κ1) is 18.1. The number of benzene rings is 2. The maximum Gasteiger partial charge on any atom is 0.274 e. The van der Waals surface area contributed by atoms with E-state index in [1.807, 2.05) is 0 Å². The number of aryl methyl sites for hydroxylation is 1. The van der Waals surface area contributed by atoms with Gasteiger partial charge in [0.2, 0.25) is 10.0 Å². The van der Waals surface area contributed by atoms with Gasteiger partial charge >= 0.3 is 0 Å². The second-order valence-corrected chi connectivity index (χ2v) is 7.00. The van der Waals surface area contributed by atoms with Gasteiger partial charge in [-0.15, -0.1) is 0 Å². The van der Waals surface area contributed by atoms with Crippen LogP contribution >= 0.6 is 0 Å². The van der Waals surface area contributed by atoms with Gasteiger partial charge in [-0.25, -0.2) is 23.0 Å². The van der Waals surface area contributed by atoms with Gasteiger partial charge in [-0.1, -0.05) is 12.1 Å². The van der Waals surface area contributed by atoms with Crippen LogP contribution in [0.4, 0.5) is 4.39 Å². The molecule has 8 heteroatoms. The van der Waals surface area contributed by atoms with Crippen LogP contribution in [-0.4, -0.2) is 19.5 Å². The van der Waals surface area contributed by atoms with E-state index >= 15 is 0 Å². The lowest BCUT2D eigenvalue weighted by molar-refractivity contribution is 0.0706. The number of carbonyl (C=O) groups is 1. The van der Waals surface area contributed by atoms with Crippen LogP contribution in [0.3, 0.4) is 0 Å². The second kappa shape index (κ2) is 7.08. The Balaban J connectivity index is 2.21. The van der Waals surface area contributed by atoms with E-state index in [4.69, 9.17) is 5.21 Å². The molecule has 0 aromatic heterocycles. The lowest BCUT2D eigenvalue weighted by atomic mass is 10.1. The summed E-state index contributed by atoms with van der Waals surface area (Å²) < 4.78 is 40.5. The van der Waals surface area contributed by atoms with Gasteiger partial charge in [-0.05, 0) is 55.3 Å². The van der Waals surface area contributed by atoms with Crippen molar-refractivity contribution in [3.63, 3.8) is 0 Å². The van der Waals surface area contributed by atoms with Gasteiger partial charge in [0.25, 0.3) is 5.91 Å². The van der Waals surface area contributed by atoms with E-state index < -0.39 is 27.8 Å². The van der Waals surface area contributed by atoms with Crippen molar-refractivity contribution >= 4 is 15.9 Å². The summed E-state index contributed by atoms with van der Waals surface area (Å²) in [6.07, 6.45) is 0. The molecule has 2 rings (SSSR count). The zero-order chi connectivity index (χ0) is 17.9. The first-order valence-corrected chi connectivity index (χ1v) is 8.56. The molecule has 3 N–H and O–H groups in total. The monoisotopic (exact) mass is 352 g/mol. The minimum absolute atomic E-state index is 0.00651. The lowest BCUT2D eigenvalue weighted by Crippen LogP contribution is -2.27. The maximum absolute atomic E-state index is 13.1. The number of carbonyl (C=O) groups excluding carboxylic acids is 1. The average molecular weight is 352 g/mol. The third-order valence-corrected chi connectivity index (χ3v) is 5.23. The molecular formula is C16H17FN2O4S. The quantitative estimate of drug-likeness (QED) is 0.568. The summed E-state index contributed by atoms with van der Waals surface area (Å²) in [7, 11) is -3.82. The highest BCUT2D eigenvalue weighted by Crippen LogP contribution is 2.20. The van der Waals surface area contributed by atoms with E-state index in [-0.39, 0.29) is 10.5 Å². The minimum atomic E-state index is -3.82. The molecule has 6 nitrogen and oxygen atoms in total. The number of sulfonamides is 1. The van der Waals surface area contributed by atoms with Crippen LogP contribution in [-0.2, 0) is 10.0 Å². The van der Waals surface area contributed by atoms with E-state index in [9.17, 15) is 17.6 Å². The van der Waals surface area contributed by atoms with Crippen LogP contribution in [0.1, 0.15) is 34.5 Å². The van der Waals surface area contributed by atoms with Crippen molar-refractivity contribution in [2.45, 2.75) is 24.8 Å². The molecular weight excluding hydrogens is 335 g/mol. The number of hydrogen-bond donors (Lipinski definition) is 3. The molecule has 1 unspecified atom stereocenters. The summed E-state index contributed by atoms with van der Waals surface area (Å²) in [4.78, 5) is 11.3. The van der Waals surface area contributed by atoms with E-state index in [0.717, 1.165) is 12.1 Å². The van der Waals surface area contributed by atoms with E-state index in [1.165, 1.54) is 30.6 Å². The molecule has 0 radical (unpaired) electrons. The molecule has 0 aliphatic rings. The zero-order valence-corrected chi connectivity index (χ0v) is 13.9. The topological polar surface area (TPSA) is 95.5 Å². The van der Waals surface area contributed by atoms with E-state index in [0.29, 0.717) is 11.1 Å². The van der Waals surface area contributed by atoms with E-state index in [2.05, 4.69) is 4.72 Å². The Morgan fingerprint density at radius 3 is 2.33 bits per heavy atom. The molecule has 24 heavy (non-hydrogen) atoms. The molecule has 0 aliphatic carbocycles. The number of nitrogens with one attached hydrogen (secondary N) is 2. The second-order valence-electron chi connectivity index (χ2n) is 5.32. The van der Waals surface area contributed by atoms with Crippen LogP contribution in [0.5, 0.6) is 0 Å². The molecule has 1 atom stereocenters. The van der Waals surface area contributed by atoms with E-state index in [1.54, 1.807) is 19.1 Å². The lowest BCUT2D eigenvalue weighted by Gasteiger charge is -2.16. The molecule has 0 saturated carbocycles. The fraction of sp³-hybridized carbons (Fsp3) is 0.188. The highest BCUT2D eigenvalue weighted by Gasteiger charge is 2.20. The predicted molar refractivity (Wildman–Crippen MR) is 85.6 cm³/mol. The Hall–Kier alpha value is -2.29. The molecule has 2 aromatic rings. The Bertz CT molecular complexity index is 851. The molecule has 2 aromatic carbocycles. The summed E-state index contributed by atoms with van der Waals surface area (Å²) in [5.41, 5.74) is 2.70. The third kappa shape index (κ3) is 3.97. The summed E-state index contributed by atoms with van der Waals surface area (Å²) in [6.45, 7) is 3.17. The predicted octanol–water partition coefficient (Wildman–Crippen LogP) is 2.29. The Morgan fingerprint density at radius 1 is 1.17 bits per heavy atom. The van der Waals surface area contributed by atoms with Crippen molar-refractivity contribution in [2.75, 3.05) is 0 Å². The molecule has 0 fully saturated rings. The van der Waals surface area contributed by atoms with Crippen molar-refractivity contribution in [3.05, 3.63) is 65.0 Å². The van der Waals surface area contributed by atoms with Gasteiger partial charge in [0.15, 0.2) is 0 Å². The average Bonchev–Trinajstić information content (AvgIpc) is 2.53. The van der Waals surface area contributed by atoms with Gasteiger partial charge in [0, 0.05) is 11.6 Å². The zero-order valence-electron chi connectivity index (χ0n) is 13.1. The molecule has 0 heterocycles. The third-order valence-electron chi connectivity index (χ3n) is 3.53. The first-order valence-electron chi connectivity index (χ1n) is 7.07. The summed E-state index contributed by atoms with van der Waals surface area (Å²) in [5, 5.41) is 8.57. The van der Waals surface area contributed by atoms with Gasteiger partial charge in [-0.3, -0.25) is 10.0 Å². The molecule has 0 saturated heterocycles. The molecule has 1 amide bonds. The molecule has 0 spiro atoms. The molecule has 0 aliphatic heterocycles. The van der Waals surface area contributed by atoms with Crippen LogP contribution in [0.2, 0.25) is 0 Å². The summed E-state index contributed by atoms with van der Waals surface area (Å²) in [6, 6.07) is 8.99. The fourth-order valence-electron chi connectivity index (χ4n) is 2.27. The normalized spacial score (nSPS) is 12.7. The SMILES string of the molecule is Cc1cc(F)ccc1S(=O)(=O)NC(C)c1ccc(C(=O)NO)cc1. The smallest absolute Gasteiger partial charge is 0.274 e. The largest absolute Gasteiger partial charge is 0.288 e. The standard InChI is InChI=1S/C16H17FN2O4S/c1-10-9-14(17)7-8-15(10)24(22,23)19-11(2)12-3-5-13(6-4-12)16(20)18-21/h3-9,11,19,21H,1-2H3,(H,18,20). The molecule has 0 bridgehead atoms. The molecule has 128 valence electrons. The van der Waals surface area contributed by atoms with Crippen LogP contribution < -0.4 is 10.2 Å². The summed E-state index contributed by atoms with van der Waals surface area (Å²) in [5.74, 6) is -1.16. The number of halogens is 1. The number of hydroxylamine groups is 1. The van der Waals surface area contributed by atoms with Crippen LogP contribution in [0.25, 0.3) is 0 Å². The van der Waals surface area contributed by atoms with Crippen LogP contribution in [0, 0.1) is 12.7 Å².